The minimum Gasteiger partial charge on any atom is -0.308 e. The molecule has 0 spiro atoms. The third-order valence-corrected chi connectivity index (χ3v) is 5.95. The molecule has 8 heteroatoms. The SMILES string of the molecule is CCn1c(C(F)F)nc2c(-c3ccc4c(c3)C(C)C(=O)N4Cc3ccccc3)ncnc21. The second-order valence-corrected chi connectivity index (χ2v) is 7.81. The van der Waals surface area contributed by atoms with Crippen LogP contribution < -0.4 is 4.90 Å². The second-order valence-electron chi connectivity index (χ2n) is 7.81. The summed E-state index contributed by atoms with van der Waals surface area (Å²) in [5.41, 5.74) is 4.71. The fourth-order valence-electron chi connectivity index (χ4n) is 4.35. The number of imidazole rings is 1. The molecule has 0 saturated heterocycles. The molecular weight excluding hydrogens is 412 g/mol. The molecule has 6 nitrogen and oxygen atoms in total. The zero-order valence-electron chi connectivity index (χ0n) is 17.7. The molecular formula is C24H21F2N5O. The van der Waals surface area contributed by atoms with Crippen LogP contribution in [0.1, 0.15) is 43.1 Å². The number of rotatable bonds is 5. The van der Waals surface area contributed by atoms with Crippen molar-refractivity contribution in [3.8, 4) is 11.3 Å². The van der Waals surface area contributed by atoms with Crippen molar-refractivity contribution >= 4 is 22.8 Å². The lowest BCUT2D eigenvalue weighted by atomic mass is 9.99. The monoisotopic (exact) mass is 433 g/mol. The lowest BCUT2D eigenvalue weighted by Gasteiger charge is -2.18. The molecule has 162 valence electrons. The molecule has 32 heavy (non-hydrogen) atoms. The highest BCUT2D eigenvalue weighted by Gasteiger charge is 2.34. The van der Waals surface area contributed by atoms with E-state index in [1.807, 2.05) is 55.5 Å². The van der Waals surface area contributed by atoms with Crippen molar-refractivity contribution in [2.45, 2.75) is 39.3 Å². The van der Waals surface area contributed by atoms with Crippen LogP contribution in [0.15, 0.2) is 54.9 Å². The van der Waals surface area contributed by atoms with E-state index in [-0.39, 0.29) is 17.6 Å². The predicted octanol–water partition coefficient (Wildman–Crippen LogP) is 5.10. The van der Waals surface area contributed by atoms with E-state index in [0.29, 0.717) is 29.9 Å². The van der Waals surface area contributed by atoms with E-state index in [1.54, 1.807) is 11.8 Å². The number of carbonyl (C=O) groups is 1. The van der Waals surface area contributed by atoms with Gasteiger partial charge in [0.2, 0.25) is 5.91 Å². The van der Waals surface area contributed by atoms with E-state index in [2.05, 4.69) is 15.0 Å². The van der Waals surface area contributed by atoms with Gasteiger partial charge in [0.05, 0.1) is 12.5 Å². The molecule has 5 rings (SSSR count). The Morgan fingerprint density at radius 3 is 2.59 bits per heavy atom. The lowest BCUT2D eigenvalue weighted by Crippen LogP contribution is -2.27. The third-order valence-electron chi connectivity index (χ3n) is 5.95. The molecule has 0 aliphatic carbocycles. The summed E-state index contributed by atoms with van der Waals surface area (Å²) in [5.74, 6) is -0.595. The largest absolute Gasteiger partial charge is 0.308 e. The molecule has 1 unspecified atom stereocenters. The molecule has 4 aromatic rings. The van der Waals surface area contributed by atoms with Crippen molar-refractivity contribution < 1.29 is 13.6 Å². The number of aromatic nitrogens is 4. The summed E-state index contributed by atoms with van der Waals surface area (Å²) >= 11 is 0. The minimum absolute atomic E-state index is 0.0316. The zero-order chi connectivity index (χ0) is 22.4. The minimum atomic E-state index is -2.71. The van der Waals surface area contributed by atoms with E-state index in [1.165, 1.54) is 10.9 Å². The van der Waals surface area contributed by atoms with Gasteiger partial charge in [-0.05, 0) is 37.1 Å². The van der Waals surface area contributed by atoms with E-state index in [0.717, 1.165) is 22.4 Å². The smallest absolute Gasteiger partial charge is 0.295 e. The molecule has 0 saturated carbocycles. The summed E-state index contributed by atoms with van der Waals surface area (Å²) < 4.78 is 28.4. The quantitative estimate of drug-likeness (QED) is 0.439. The number of anilines is 1. The Bertz CT molecular complexity index is 1320. The number of hydrogen-bond acceptors (Lipinski definition) is 4. The first kappa shape index (κ1) is 20.2. The van der Waals surface area contributed by atoms with Crippen LogP contribution in [-0.4, -0.2) is 25.4 Å². The van der Waals surface area contributed by atoms with Crippen LogP contribution in [0.4, 0.5) is 14.5 Å². The van der Waals surface area contributed by atoms with E-state index >= 15 is 0 Å². The average Bonchev–Trinajstić information content (AvgIpc) is 3.31. The van der Waals surface area contributed by atoms with Gasteiger partial charge in [-0.2, -0.15) is 0 Å². The van der Waals surface area contributed by atoms with Gasteiger partial charge in [0.1, 0.15) is 17.5 Å². The Balaban J connectivity index is 1.59. The fourth-order valence-corrected chi connectivity index (χ4v) is 4.35. The average molecular weight is 433 g/mol. The molecule has 1 aliphatic rings. The second kappa shape index (κ2) is 7.78. The molecule has 0 radical (unpaired) electrons. The van der Waals surface area contributed by atoms with Crippen LogP contribution in [0.2, 0.25) is 0 Å². The van der Waals surface area contributed by atoms with Crippen LogP contribution in [0.25, 0.3) is 22.4 Å². The van der Waals surface area contributed by atoms with Crippen LogP contribution in [0.3, 0.4) is 0 Å². The predicted molar refractivity (Wildman–Crippen MR) is 117 cm³/mol. The molecule has 2 aromatic heterocycles. The molecule has 0 N–H and O–H groups in total. The number of alkyl halides is 2. The normalized spacial score (nSPS) is 15.7. The van der Waals surface area contributed by atoms with Gasteiger partial charge in [-0.3, -0.25) is 4.79 Å². The van der Waals surface area contributed by atoms with Crippen LogP contribution in [0.5, 0.6) is 0 Å². The van der Waals surface area contributed by atoms with Crippen molar-refractivity contribution in [1.82, 2.24) is 19.5 Å². The Hall–Kier alpha value is -3.68. The van der Waals surface area contributed by atoms with Crippen molar-refractivity contribution in [3.63, 3.8) is 0 Å². The Morgan fingerprint density at radius 2 is 1.88 bits per heavy atom. The number of halogens is 2. The number of nitrogens with zero attached hydrogens (tertiary/aromatic N) is 5. The topological polar surface area (TPSA) is 63.9 Å². The highest BCUT2D eigenvalue weighted by molar-refractivity contribution is 6.05. The standard InChI is InChI=1S/C24H21F2N5O/c1-3-30-22-20(29-23(30)21(25)26)19(27-13-28-22)16-9-10-18-17(11-16)14(2)24(32)31(18)12-15-7-5-4-6-8-15/h4-11,13-14,21H,3,12H2,1-2H3. The summed E-state index contributed by atoms with van der Waals surface area (Å²) in [6.45, 7) is 4.48. The van der Waals surface area contributed by atoms with E-state index in [4.69, 9.17) is 0 Å². The van der Waals surface area contributed by atoms with Crippen molar-refractivity contribution in [2.75, 3.05) is 4.90 Å². The van der Waals surface area contributed by atoms with Crippen LogP contribution in [0, 0.1) is 0 Å². The summed E-state index contributed by atoms with van der Waals surface area (Å²) in [4.78, 5) is 27.5. The van der Waals surface area contributed by atoms with Gasteiger partial charge in [0.15, 0.2) is 11.5 Å². The van der Waals surface area contributed by atoms with Gasteiger partial charge in [-0.15, -0.1) is 0 Å². The molecule has 2 aromatic carbocycles. The molecule has 0 bridgehead atoms. The van der Waals surface area contributed by atoms with Crippen LogP contribution in [-0.2, 0) is 17.9 Å². The van der Waals surface area contributed by atoms with Gasteiger partial charge in [-0.25, -0.2) is 23.7 Å². The Labute approximate surface area is 183 Å². The van der Waals surface area contributed by atoms with E-state index in [9.17, 15) is 13.6 Å². The first-order chi connectivity index (χ1) is 15.5. The number of carbonyl (C=O) groups excluding carboxylic acids is 1. The van der Waals surface area contributed by atoms with Gasteiger partial charge < -0.3 is 9.47 Å². The number of benzene rings is 2. The fraction of sp³-hybridized carbons (Fsp3) is 0.250. The number of aryl methyl sites for hydroxylation is 1. The van der Waals surface area contributed by atoms with Gasteiger partial charge >= 0.3 is 0 Å². The zero-order valence-corrected chi connectivity index (χ0v) is 17.7. The summed E-state index contributed by atoms with van der Waals surface area (Å²) in [6, 6.07) is 15.5. The maximum Gasteiger partial charge on any atom is 0.295 e. The lowest BCUT2D eigenvalue weighted by molar-refractivity contribution is -0.119. The molecule has 1 aliphatic heterocycles. The highest BCUT2D eigenvalue weighted by atomic mass is 19.3. The number of hydrogen-bond donors (Lipinski definition) is 0. The molecule has 0 fully saturated rings. The number of amides is 1. The van der Waals surface area contributed by atoms with Gasteiger partial charge in [0.25, 0.3) is 6.43 Å². The van der Waals surface area contributed by atoms with Crippen molar-refractivity contribution in [3.05, 3.63) is 71.8 Å². The Morgan fingerprint density at radius 1 is 1.09 bits per heavy atom. The van der Waals surface area contributed by atoms with Gasteiger partial charge in [-0.1, -0.05) is 36.4 Å². The summed E-state index contributed by atoms with van der Waals surface area (Å²) in [7, 11) is 0. The highest BCUT2D eigenvalue weighted by Crippen LogP contribution is 2.41. The number of fused-ring (bicyclic) bond motifs is 2. The first-order valence-electron chi connectivity index (χ1n) is 10.5. The van der Waals surface area contributed by atoms with Crippen molar-refractivity contribution in [2.24, 2.45) is 0 Å². The van der Waals surface area contributed by atoms with Crippen molar-refractivity contribution in [1.29, 1.82) is 0 Å². The summed E-state index contributed by atoms with van der Waals surface area (Å²) in [6.07, 6.45) is -1.34. The molecule has 1 atom stereocenters. The Kier molecular flexibility index (Phi) is 4.92. The maximum absolute atomic E-state index is 13.5. The van der Waals surface area contributed by atoms with Crippen LogP contribution >= 0.6 is 0 Å². The van der Waals surface area contributed by atoms with E-state index < -0.39 is 6.43 Å². The molecule has 3 heterocycles. The maximum atomic E-state index is 13.5. The molecule has 1 amide bonds. The third kappa shape index (κ3) is 3.14. The first-order valence-corrected chi connectivity index (χ1v) is 10.5. The summed E-state index contributed by atoms with van der Waals surface area (Å²) in [5, 5.41) is 0. The van der Waals surface area contributed by atoms with Gasteiger partial charge in [0, 0.05) is 17.8 Å².